The minimum absolute atomic E-state index is 1.15. The number of nitrogens with zero attached hydrogens (tertiary/aromatic N) is 2. The summed E-state index contributed by atoms with van der Waals surface area (Å²) < 4.78 is 7.59. The number of benzene rings is 8. The Morgan fingerprint density at radius 1 is 0.294 bits per heavy atom. The van der Waals surface area contributed by atoms with E-state index >= 15 is 0 Å². The molecule has 51 heavy (non-hydrogen) atoms. The zero-order valence-corrected chi connectivity index (χ0v) is 28.4. The minimum atomic E-state index is 1.15. The molecule has 0 atom stereocenters. The minimum Gasteiger partial charge on any atom is -0.307 e. The highest BCUT2D eigenvalue weighted by Crippen LogP contribution is 2.45. The molecule has 0 saturated carbocycles. The predicted molar refractivity (Wildman–Crippen MR) is 219 cm³/mol. The van der Waals surface area contributed by atoms with Crippen LogP contribution >= 0.6 is 11.3 Å². The van der Waals surface area contributed by atoms with Gasteiger partial charge in [0.15, 0.2) is 0 Å². The smallest absolute Gasteiger partial charge is 0.0788 e. The van der Waals surface area contributed by atoms with Crippen molar-refractivity contribution in [2.24, 2.45) is 0 Å². The largest absolute Gasteiger partial charge is 0.307 e. The lowest BCUT2D eigenvalue weighted by Crippen LogP contribution is -1.98. The van der Waals surface area contributed by atoms with Crippen molar-refractivity contribution >= 4 is 75.1 Å². The van der Waals surface area contributed by atoms with Crippen LogP contribution in [0.25, 0.3) is 97.4 Å². The van der Waals surface area contributed by atoms with Gasteiger partial charge in [-0.15, -0.1) is 11.3 Å². The normalized spacial score (nSPS) is 11.9. The van der Waals surface area contributed by atoms with Gasteiger partial charge >= 0.3 is 0 Å². The summed E-state index contributed by atoms with van der Waals surface area (Å²) in [6.45, 7) is 0. The summed E-state index contributed by atoms with van der Waals surface area (Å²) in [6.07, 6.45) is 0. The highest BCUT2D eigenvalue weighted by Gasteiger charge is 2.21. The van der Waals surface area contributed by atoms with Crippen molar-refractivity contribution < 1.29 is 0 Å². The molecule has 0 fully saturated rings. The van der Waals surface area contributed by atoms with E-state index in [2.05, 4.69) is 191 Å². The monoisotopic (exact) mass is 666 g/mol. The van der Waals surface area contributed by atoms with Crippen LogP contribution in [0.3, 0.4) is 0 Å². The van der Waals surface area contributed by atoms with Crippen molar-refractivity contribution in [1.82, 2.24) is 9.13 Å². The third-order valence-corrected chi connectivity index (χ3v) is 11.8. The van der Waals surface area contributed by atoms with Gasteiger partial charge in [-0.05, 0) is 58.7 Å². The van der Waals surface area contributed by atoms with Crippen molar-refractivity contribution in [3.05, 3.63) is 182 Å². The molecule has 0 unspecified atom stereocenters. The van der Waals surface area contributed by atoms with Gasteiger partial charge < -0.3 is 9.13 Å². The molecular weight excluding hydrogens is 637 g/mol. The lowest BCUT2D eigenvalue weighted by Gasteiger charge is -2.13. The number of hydrogen-bond donors (Lipinski definition) is 0. The molecule has 0 spiro atoms. The van der Waals surface area contributed by atoms with Gasteiger partial charge in [-0.2, -0.15) is 0 Å². The van der Waals surface area contributed by atoms with E-state index in [0.29, 0.717) is 0 Å². The predicted octanol–water partition coefficient (Wildman–Crippen LogP) is 13.6. The third-order valence-electron chi connectivity index (χ3n) is 10.5. The Hall–Kier alpha value is -6.42. The van der Waals surface area contributed by atoms with Crippen LogP contribution < -0.4 is 0 Å². The number of aromatic nitrogens is 2. The van der Waals surface area contributed by atoms with Gasteiger partial charge in [0.25, 0.3) is 0 Å². The summed E-state index contributed by atoms with van der Waals surface area (Å²) >= 11 is 1.91. The highest BCUT2D eigenvalue weighted by atomic mass is 32.1. The van der Waals surface area contributed by atoms with Crippen LogP contribution in [0.4, 0.5) is 0 Å². The Morgan fingerprint density at radius 3 is 1.27 bits per heavy atom. The first-order valence-corrected chi connectivity index (χ1v) is 18.3. The van der Waals surface area contributed by atoms with Crippen molar-refractivity contribution in [3.8, 4) is 33.6 Å². The standard InChI is InChI=1S/C48H30N2S/c1-3-13-31(14-4-1)35-19-11-21-41-42-22-12-20-36(48(42)51-47(35)41)32-25-27-34(28-26-32)50-44-24-10-8-18-38(44)40-30-29-39-37-17-7-9-23-43(37)49(45(39)46(40)50)33-15-5-2-6-16-33/h1-30H. The van der Waals surface area contributed by atoms with Crippen molar-refractivity contribution in [2.45, 2.75) is 0 Å². The van der Waals surface area contributed by atoms with Gasteiger partial charge in [0, 0.05) is 53.1 Å². The zero-order chi connectivity index (χ0) is 33.5. The summed E-state index contributed by atoms with van der Waals surface area (Å²) in [6, 6.07) is 66.5. The molecule has 0 N–H and O–H groups in total. The van der Waals surface area contributed by atoms with E-state index in [-0.39, 0.29) is 0 Å². The summed E-state index contributed by atoms with van der Waals surface area (Å²) in [5, 5.41) is 7.66. The second kappa shape index (κ2) is 11.0. The van der Waals surface area contributed by atoms with E-state index in [1.54, 1.807) is 0 Å². The average molecular weight is 667 g/mol. The van der Waals surface area contributed by atoms with Crippen LogP contribution in [0.1, 0.15) is 0 Å². The number of para-hydroxylation sites is 3. The first-order valence-electron chi connectivity index (χ1n) is 17.4. The number of fused-ring (bicyclic) bond motifs is 10. The van der Waals surface area contributed by atoms with Crippen molar-refractivity contribution in [3.63, 3.8) is 0 Å². The molecule has 0 aliphatic rings. The van der Waals surface area contributed by atoms with Gasteiger partial charge in [0.05, 0.1) is 22.1 Å². The lowest BCUT2D eigenvalue weighted by atomic mass is 10.00. The summed E-state index contributed by atoms with van der Waals surface area (Å²) in [5.74, 6) is 0. The van der Waals surface area contributed by atoms with Crippen LogP contribution in [-0.2, 0) is 0 Å². The molecule has 0 radical (unpaired) electrons. The highest BCUT2D eigenvalue weighted by molar-refractivity contribution is 7.26. The molecule has 0 aliphatic heterocycles. The van der Waals surface area contributed by atoms with Crippen LogP contribution in [0.5, 0.6) is 0 Å². The Bertz CT molecular complexity index is 3110. The van der Waals surface area contributed by atoms with Crippen LogP contribution in [0.15, 0.2) is 182 Å². The van der Waals surface area contributed by atoms with E-state index < -0.39 is 0 Å². The van der Waals surface area contributed by atoms with Crippen LogP contribution in [0, 0.1) is 0 Å². The maximum absolute atomic E-state index is 2.47. The molecule has 11 rings (SSSR count). The molecule has 0 aliphatic carbocycles. The third kappa shape index (κ3) is 4.16. The Kier molecular flexibility index (Phi) is 6.16. The summed E-state index contributed by atoms with van der Waals surface area (Å²) in [5.41, 5.74) is 12.2. The molecule has 0 amide bonds. The maximum atomic E-state index is 2.47. The van der Waals surface area contributed by atoms with Gasteiger partial charge in [0.1, 0.15) is 0 Å². The molecule has 8 aromatic carbocycles. The van der Waals surface area contributed by atoms with Crippen LogP contribution in [0.2, 0.25) is 0 Å². The molecule has 3 heterocycles. The SMILES string of the molecule is c1ccc(-c2cccc3c2sc2c(-c4ccc(-n5c6ccccc6c6ccc7c8ccccc8n(-c8ccccc8)c7c65)cc4)cccc23)cc1. The quantitative estimate of drug-likeness (QED) is 0.177. The molecule has 0 saturated heterocycles. The summed E-state index contributed by atoms with van der Waals surface area (Å²) in [4.78, 5) is 0. The second-order valence-corrected chi connectivity index (χ2v) is 14.3. The molecule has 2 nitrogen and oxygen atoms in total. The molecule has 11 aromatic rings. The van der Waals surface area contributed by atoms with Crippen molar-refractivity contribution in [1.29, 1.82) is 0 Å². The molecule has 0 bridgehead atoms. The summed E-state index contributed by atoms with van der Waals surface area (Å²) in [7, 11) is 0. The first kappa shape index (κ1) is 28.4. The fourth-order valence-electron chi connectivity index (χ4n) is 8.30. The van der Waals surface area contributed by atoms with E-state index in [1.807, 2.05) is 11.3 Å². The van der Waals surface area contributed by atoms with Gasteiger partial charge in [0.2, 0.25) is 0 Å². The lowest BCUT2D eigenvalue weighted by molar-refractivity contribution is 1.15. The Balaban J connectivity index is 1.15. The average Bonchev–Trinajstić information content (AvgIpc) is 3.87. The van der Waals surface area contributed by atoms with Crippen molar-refractivity contribution in [2.75, 3.05) is 0 Å². The molecule has 3 aromatic heterocycles. The number of thiophene rings is 1. The number of rotatable bonds is 4. The maximum Gasteiger partial charge on any atom is 0.0788 e. The van der Waals surface area contributed by atoms with E-state index in [4.69, 9.17) is 0 Å². The zero-order valence-electron chi connectivity index (χ0n) is 27.6. The van der Waals surface area contributed by atoms with Gasteiger partial charge in [-0.3, -0.25) is 0 Å². The fourth-order valence-corrected chi connectivity index (χ4v) is 9.67. The van der Waals surface area contributed by atoms with E-state index in [9.17, 15) is 0 Å². The van der Waals surface area contributed by atoms with E-state index in [0.717, 1.165) is 11.4 Å². The van der Waals surface area contributed by atoms with E-state index in [1.165, 1.54) is 86.0 Å². The fraction of sp³-hybridized carbons (Fsp3) is 0. The number of hydrogen-bond acceptors (Lipinski definition) is 1. The second-order valence-electron chi connectivity index (χ2n) is 13.3. The van der Waals surface area contributed by atoms with Gasteiger partial charge in [-0.1, -0.05) is 146 Å². The Labute approximate surface area is 298 Å². The topological polar surface area (TPSA) is 9.86 Å². The first-order chi connectivity index (χ1) is 25.3. The molecule has 3 heteroatoms. The molecular formula is C48H30N2S. The Morgan fingerprint density at radius 2 is 0.725 bits per heavy atom. The molecule has 238 valence electrons. The van der Waals surface area contributed by atoms with Gasteiger partial charge in [-0.25, -0.2) is 0 Å². The van der Waals surface area contributed by atoms with Crippen LogP contribution in [-0.4, -0.2) is 9.13 Å².